The molecule has 0 spiro atoms. The fourth-order valence-corrected chi connectivity index (χ4v) is 1.80. The van der Waals surface area contributed by atoms with Gasteiger partial charge in [-0.25, -0.2) is 3.59 Å². The lowest BCUT2D eigenvalue weighted by atomic mass is 10.2. The summed E-state index contributed by atoms with van der Waals surface area (Å²) in [6, 6.07) is 2.70. The molecule has 90 valence electrons. The molecule has 0 aliphatic carbocycles. The second kappa shape index (κ2) is 3.73. The number of alkyl halides is 3. The van der Waals surface area contributed by atoms with Crippen molar-refractivity contribution in [3.05, 3.63) is 44.5 Å². The maximum Gasteiger partial charge on any atom is 0.416 e. The monoisotopic (exact) mass is 308 g/mol. The van der Waals surface area contributed by atoms with Crippen molar-refractivity contribution in [2.45, 2.75) is 6.18 Å². The van der Waals surface area contributed by atoms with Gasteiger partial charge in [-0.1, -0.05) is 0 Å². The van der Waals surface area contributed by atoms with Crippen LogP contribution < -0.4 is 11.1 Å². The van der Waals surface area contributed by atoms with Crippen molar-refractivity contribution in [2.24, 2.45) is 0 Å². The van der Waals surface area contributed by atoms with Gasteiger partial charge in [-0.2, -0.15) is 13.2 Å². The smallest absolute Gasteiger partial charge is 0.316 e. The summed E-state index contributed by atoms with van der Waals surface area (Å²) in [7, 11) is 0. The summed E-state index contributed by atoms with van der Waals surface area (Å²) in [5.41, 5.74) is -2.69. The van der Waals surface area contributed by atoms with Gasteiger partial charge in [0, 0.05) is 0 Å². The van der Waals surface area contributed by atoms with E-state index in [9.17, 15) is 22.8 Å². The first-order valence-electron chi connectivity index (χ1n) is 4.33. The Kier molecular flexibility index (Phi) is 2.61. The molecule has 0 saturated carbocycles. The van der Waals surface area contributed by atoms with Crippen LogP contribution in [-0.2, 0) is 6.18 Å². The number of hydrogen-bond acceptors (Lipinski definition) is 2. The summed E-state index contributed by atoms with van der Waals surface area (Å²) in [6.07, 6.45) is -4.51. The van der Waals surface area contributed by atoms with Crippen molar-refractivity contribution in [1.29, 1.82) is 0 Å². The van der Waals surface area contributed by atoms with E-state index in [1.807, 2.05) is 0 Å². The Bertz CT molecular complexity index is 702. The Hall–Kier alpha value is -1.57. The number of nitrogens with one attached hydrogen (secondary N) is 1. The number of halogens is 4. The molecule has 2 aromatic rings. The third kappa shape index (κ3) is 1.99. The summed E-state index contributed by atoms with van der Waals surface area (Å²) < 4.78 is 38.1. The number of H-pyrrole nitrogens is 1. The SMILES string of the molecule is O=c1[nH]c2ccc(C(F)(F)F)cc2n(Br)c1=O. The second-order valence-electron chi connectivity index (χ2n) is 3.27. The molecular formula is C9H4BrF3N2O2. The van der Waals surface area contributed by atoms with Crippen LogP contribution in [0.3, 0.4) is 0 Å². The van der Waals surface area contributed by atoms with Crippen LogP contribution in [0.25, 0.3) is 11.0 Å². The van der Waals surface area contributed by atoms with Gasteiger partial charge in [-0.3, -0.25) is 9.59 Å². The van der Waals surface area contributed by atoms with Gasteiger partial charge >= 0.3 is 17.3 Å². The number of aromatic amines is 1. The Labute approximate surface area is 100 Å². The normalized spacial score (nSPS) is 12.0. The predicted octanol–water partition coefficient (Wildman–Crippen LogP) is 1.87. The van der Waals surface area contributed by atoms with Crippen molar-refractivity contribution < 1.29 is 13.2 Å². The van der Waals surface area contributed by atoms with Crippen LogP contribution in [-0.4, -0.2) is 8.58 Å². The van der Waals surface area contributed by atoms with Crippen LogP contribution in [0.4, 0.5) is 13.2 Å². The number of benzene rings is 1. The van der Waals surface area contributed by atoms with E-state index in [1.165, 1.54) is 0 Å². The van der Waals surface area contributed by atoms with E-state index < -0.39 is 22.9 Å². The van der Waals surface area contributed by atoms with Gasteiger partial charge in [0.2, 0.25) is 0 Å². The zero-order chi connectivity index (χ0) is 12.8. The minimum atomic E-state index is -4.51. The van der Waals surface area contributed by atoms with Gasteiger partial charge in [0.25, 0.3) is 0 Å². The minimum Gasteiger partial charge on any atom is -0.316 e. The van der Waals surface area contributed by atoms with E-state index in [0.29, 0.717) is 3.59 Å². The van der Waals surface area contributed by atoms with Crippen LogP contribution in [0.1, 0.15) is 5.56 Å². The van der Waals surface area contributed by atoms with Gasteiger partial charge in [0.15, 0.2) is 0 Å². The van der Waals surface area contributed by atoms with E-state index in [2.05, 4.69) is 21.1 Å². The average molecular weight is 309 g/mol. The molecular weight excluding hydrogens is 305 g/mol. The van der Waals surface area contributed by atoms with E-state index in [4.69, 9.17) is 0 Å². The molecule has 0 saturated heterocycles. The maximum absolute atomic E-state index is 12.5. The lowest BCUT2D eigenvalue weighted by molar-refractivity contribution is -0.137. The van der Waals surface area contributed by atoms with Gasteiger partial charge < -0.3 is 4.98 Å². The number of aromatic nitrogens is 2. The van der Waals surface area contributed by atoms with Crippen molar-refractivity contribution in [3.8, 4) is 0 Å². The van der Waals surface area contributed by atoms with Crippen LogP contribution in [0.2, 0.25) is 0 Å². The summed E-state index contributed by atoms with van der Waals surface area (Å²) in [5.74, 6) is 0. The van der Waals surface area contributed by atoms with Gasteiger partial charge in [-0.15, -0.1) is 0 Å². The quantitative estimate of drug-likeness (QED) is 0.755. The topological polar surface area (TPSA) is 54.9 Å². The summed E-state index contributed by atoms with van der Waals surface area (Å²) in [5, 5.41) is 0. The van der Waals surface area contributed by atoms with E-state index >= 15 is 0 Å². The molecule has 17 heavy (non-hydrogen) atoms. The first-order chi connectivity index (χ1) is 7.80. The molecule has 0 unspecified atom stereocenters. The Morgan fingerprint density at radius 3 is 2.47 bits per heavy atom. The Balaban J connectivity index is 2.87. The van der Waals surface area contributed by atoms with Crippen molar-refractivity contribution in [2.75, 3.05) is 0 Å². The molecule has 1 aromatic heterocycles. The molecule has 0 aliphatic rings. The molecule has 4 nitrogen and oxygen atoms in total. The number of fused-ring (bicyclic) bond motifs is 1. The molecule has 1 heterocycles. The van der Waals surface area contributed by atoms with Crippen LogP contribution >= 0.6 is 16.1 Å². The Morgan fingerprint density at radius 2 is 1.88 bits per heavy atom. The van der Waals surface area contributed by atoms with Crippen LogP contribution in [0, 0.1) is 0 Å². The molecule has 0 aliphatic heterocycles. The second-order valence-corrected chi connectivity index (χ2v) is 3.98. The summed E-state index contributed by atoms with van der Waals surface area (Å²) in [4.78, 5) is 24.5. The largest absolute Gasteiger partial charge is 0.416 e. The van der Waals surface area contributed by atoms with E-state index in [-0.39, 0.29) is 11.0 Å². The fourth-order valence-electron chi connectivity index (χ4n) is 1.35. The highest BCUT2D eigenvalue weighted by atomic mass is 79.9. The number of hydrogen-bond donors (Lipinski definition) is 1. The van der Waals surface area contributed by atoms with Gasteiger partial charge in [0.05, 0.1) is 32.7 Å². The molecule has 0 fully saturated rings. The van der Waals surface area contributed by atoms with Crippen molar-refractivity contribution in [1.82, 2.24) is 8.58 Å². The predicted molar refractivity (Wildman–Crippen MR) is 58.2 cm³/mol. The number of rotatable bonds is 0. The van der Waals surface area contributed by atoms with Crippen molar-refractivity contribution in [3.63, 3.8) is 0 Å². The highest BCUT2D eigenvalue weighted by Gasteiger charge is 2.30. The molecule has 2 rings (SSSR count). The molecule has 0 atom stereocenters. The minimum absolute atomic E-state index is 0.0515. The van der Waals surface area contributed by atoms with Crippen LogP contribution in [0.5, 0.6) is 0 Å². The first-order valence-corrected chi connectivity index (χ1v) is 5.04. The summed E-state index contributed by atoms with van der Waals surface area (Å²) >= 11 is 2.75. The van der Waals surface area contributed by atoms with E-state index in [0.717, 1.165) is 18.2 Å². The Morgan fingerprint density at radius 1 is 1.24 bits per heavy atom. The zero-order valence-electron chi connectivity index (χ0n) is 8.01. The van der Waals surface area contributed by atoms with Gasteiger partial charge in [-0.05, 0) is 18.2 Å². The molecule has 1 aromatic carbocycles. The third-order valence-corrected chi connectivity index (χ3v) is 2.86. The van der Waals surface area contributed by atoms with Crippen LogP contribution in [0.15, 0.2) is 27.8 Å². The van der Waals surface area contributed by atoms with Crippen molar-refractivity contribution >= 4 is 27.2 Å². The summed E-state index contributed by atoms with van der Waals surface area (Å²) in [6.45, 7) is 0. The molecule has 0 bridgehead atoms. The van der Waals surface area contributed by atoms with E-state index in [1.54, 1.807) is 0 Å². The van der Waals surface area contributed by atoms with Gasteiger partial charge in [0.1, 0.15) is 0 Å². The molecule has 8 heteroatoms. The molecule has 0 radical (unpaired) electrons. The standard InChI is InChI=1S/C9H4BrF3N2O2/c10-15-6-3-4(9(11,12)13)1-2-5(6)14-7(16)8(15)17/h1-3H,(H,14,16). The molecule has 1 N–H and O–H groups in total. The lowest BCUT2D eigenvalue weighted by Crippen LogP contribution is -2.32. The third-order valence-electron chi connectivity index (χ3n) is 2.16. The molecule has 0 amide bonds. The lowest BCUT2D eigenvalue weighted by Gasteiger charge is -2.08. The zero-order valence-corrected chi connectivity index (χ0v) is 9.59. The maximum atomic E-state index is 12.5. The highest BCUT2D eigenvalue weighted by molar-refractivity contribution is 9.08. The highest BCUT2D eigenvalue weighted by Crippen LogP contribution is 2.30. The first kappa shape index (κ1) is 11.9. The average Bonchev–Trinajstić information content (AvgIpc) is 2.24. The number of nitrogens with zero attached hydrogens (tertiary/aromatic N) is 1. The fraction of sp³-hybridized carbons (Fsp3) is 0.111.